The molecule has 0 aromatic heterocycles. The molecule has 0 atom stereocenters. The average molecular weight is 68.1 g/mol. The molecule has 0 aliphatic heterocycles. The molecule has 0 bridgehead atoms. The van der Waals surface area contributed by atoms with Crippen molar-refractivity contribution in [1.29, 1.82) is 0 Å². The van der Waals surface area contributed by atoms with E-state index >= 15 is 0 Å². The predicted octanol–water partition coefficient (Wildman–Crippen LogP) is 0.648. The molecule has 0 saturated heterocycles. The molecule has 4 nitrogen and oxygen atoms in total. The van der Waals surface area contributed by atoms with Crippen molar-refractivity contribution in [2.45, 2.75) is 0 Å². The van der Waals surface area contributed by atoms with Crippen molar-refractivity contribution in [3.8, 4) is 0 Å². The summed E-state index contributed by atoms with van der Waals surface area (Å²) in [6.45, 7) is 0. The van der Waals surface area contributed by atoms with Crippen LogP contribution in [0, 0.1) is 0 Å². The van der Waals surface area contributed by atoms with Gasteiger partial charge in [0.25, 0.3) is 0 Å². The first-order chi connectivity index (χ1) is 0. The number of rotatable bonds is 0. The monoisotopic (exact) mass is 68.1 g/mol. The van der Waals surface area contributed by atoms with Crippen LogP contribution in [-0.4, -0.2) is 0 Å². The summed E-state index contributed by atoms with van der Waals surface area (Å²) >= 11 is 0. The Kier molecular flexibility index (Phi) is 114000. The minimum absolute atomic E-state index is 0. The van der Waals surface area contributed by atoms with Crippen molar-refractivity contribution >= 4 is 0 Å². The fraction of sp³-hybridized carbons (Fsp3) is 0. The Hall–Kier alpha value is -0.160. The summed E-state index contributed by atoms with van der Waals surface area (Å²) in [5, 5.41) is 0. The highest BCUT2D eigenvalue weighted by Gasteiger charge is -0.341. The third-order valence-electron chi connectivity index (χ3n) is 0. The molecule has 12 N–H and O–H groups in total. The molecule has 0 aliphatic rings. The summed E-state index contributed by atoms with van der Waals surface area (Å²) in [6.07, 6.45) is 0. The smallest absolute Gasteiger partial charge is 0.344 e. The molecule has 0 aliphatic carbocycles. The molecule has 0 spiro atoms. The molecular weight excluding hydrogens is 56.0 g/mol. The van der Waals surface area contributed by atoms with Gasteiger partial charge in [-0.15, -0.1) is 0 Å². The molecule has 0 radical (unpaired) electrons. The lowest BCUT2D eigenvalue weighted by molar-refractivity contribution is 2.13. The van der Waals surface area contributed by atoms with Gasteiger partial charge in [-0.3, -0.25) is 0 Å². The Morgan fingerprint density at radius 3 is 0.250 bits per heavy atom. The van der Waals surface area contributed by atoms with Gasteiger partial charge in [0.15, 0.2) is 0 Å². The van der Waals surface area contributed by atoms with E-state index < -0.39 is 0 Å². The fourth-order valence-electron chi connectivity index (χ4n) is 0. The van der Waals surface area contributed by atoms with Gasteiger partial charge in [-0.05, 0) is 0 Å². The second-order valence-electron chi connectivity index (χ2n) is 0. The predicted molar refractivity (Wildman–Crippen MR) is 20.1 cm³/mol. The first-order valence-electron chi connectivity index (χ1n) is 0. The SMILES string of the molecule is N.N.N.N. The first-order valence-corrected chi connectivity index (χ1v) is 0. The van der Waals surface area contributed by atoms with Gasteiger partial charge in [-0.1, -0.05) is 0 Å². The van der Waals surface area contributed by atoms with Crippen molar-refractivity contribution in [2.24, 2.45) is 0 Å². The quantitative estimate of drug-likeness (QED) is 0.330. The van der Waals surface area contributed by atoms with Crippen molar-refractivity contribution in [3.63, 3.8) is 0 Å². The van der Waals surface area contributed by atoms with E-state index in [4.69, 9.17) is 0 Å². The van der Waals surface area contributed by atoms with Crippen LogP contribution in [0.3, 0.4) is 0 Å². The van der Waals surface area contributed by atoms with Crippen LogP contribution in [0.5, 0.6) is 0 Å². The Balaban J connectivity index is 0. The molecule has 0 saturated carbocycles. The van der Waals surface area contributed by atoms with Crippen molar-refractivity contribution in [3.05, 3.63) is 0 Å². The van der Waals surface area contributed by atoms with Crippen molar-refractivity contribution in [1.82, 2.24) is 24.6 Å². The van der Waals surface area contributed by atoms with Crippen molar-refractivity contribution in [2.75, 3.05) is 0 Å². The second kappa shape index (κ2) is 376. The van der Waals surface area contributed by atoms with Crippen LogP contribution in [0.1, 0.15) is 0 Å². The minimum atomic E-state index is 0. The Bertz CT molecular complexity index is 0. The normalized spacial score (nSPS) is 0. The summed E-state index contributed by atoms with van der Waals surface area (Å²) in [5.74, 6) is 0. The van der Waals surface area contributed by atoms with E-state index in [2.05, 4.69) is 0 Å². The van der Waals surface area contributed by atoms with E-state index in [0.717, 1.165) is 0 Å². The minimum Gasteiger partial charge on any atom is -0.344 e. The van der Waals surface area contributed by atoms with Crippen LogP contribution in [-0.2, 0) is 0 Å². The lowest BCUT2D eigenvalue weighted by atomic mass is 14.0. The van der Waals surface area contributed by atoms with E-state index in [1.54, 1.807) is 0 Å². The maximum absolute atomic E-state index is 0. The van der Waals surface area contributed by atoms with Crippen LogP contribution in [0.2, 0.25) is 0 Å². The van der Waals surface area contributed by atoms with Crippen LogP contribution < -0.4 is 24.6 Å². The van der Waals surface area contributed by atoms with Crippen LogP contribution in [0.15, 0.2) is 0 Å². The van der Waals surface area contributed by atoms with Crippen LogP contribution >= 0.6 is 0 Å². The zero-order chi connectivity index (χ0) is 0. The number of hydrogen-bond donors (Lipinski definition) is 4. The zero-order valence-electron chi connectivity index (χ0n) is 2.83. The topological polar surface area (TPSA) is 140 Å². The third-order valence-corrected chi connectivity index (χ3v) is 0. The van der Waals surface area contributed by atoms with Crippen molar-refractivity contribution < 1.29 is 0 Å². The summed E-state index contributed by atoms with van der Waals surface area (Å²) in [4.78, 5) is 0. The Morgan fingerprint density at radius 2 is 0.250 bits per heavy atom. The highest BCUT2D eigenvalue weighted by atomic mass is 14.0. The highest BCUT2D eigenvalue weighted by molar-refractivity contribution is 2.14. The molecule has 0 aromatic rings. The molecule has 32 valence electrons. The molecule has 0 rings (SSSR count). The average Bonchev–Trinajstić information content (AvgIpc) is 0. The third kappa shape index (κ3) is 50.7. The van der Waals surface area contributed by atoms with Gasteiger partial charge in [0.2, 0.25) is 0 Å². The lowest BCUT2D eigenvalue weighted by Crippen LogP contribution is -0.482. The van der Waals surface area contributed by atoms with Crippen LogP contribution in [0.25, 0.3) is 0 Å². The van der Waals surface area contributed by atoms with Crippen LogP contribution in [0.4, 0.5) is 0 Å². The molecule has 0 aromatic carbocycles. The van der Waals surface area contributed by atoms with Gasteiger partial charge >= 0.3 is 0 Å². The molecule has 0 heterocycles. The van der Waals surface area contributed by atoms with Gasteiger partial charge in [0.1, 0.15) is 0 Å². The maximum atomic E-state index is 0. The zero-order valence-corrected chi connectivity index (χ0v) is 2.83. The standard InChI is InChI=1S/4H3N/h4*1H3. The summed E-state index contributed by atoms with van der Waals surface area (Å²) in [5.41, 5.74) is 0. The first kappa shape index (κ1) is 1210. The molecule has 4 heteroatoms. The van der Waals surface area contributed by atoms with E-state index in [1.807, 2.05) is 0 Å². The molecular formula is H12N4. The Morgan fingerprint density at radius 1 is 0.250 bits per heavy atom. The lowest BCUT2D eigenvalue weighted by Gasteiger charge is -0.345. The summed E-state index contributed by atoms with van der Waals surface area (Å²) in [6, 6.07) is 0. The number of hydrogen-bond acceptors (Lipinski definition) is 4. The van der Waals surface area contributed by atoms with E-state index in [1.165, 1.54) is 0 Å². The maximum Gasteiger partial charge on any atom is -0.344 e. The molecule has 0 fully saturated rings. The van der Waals surface area contributed by atoms with Gasteiger partial charge in [0.05, 0.1) is 0 Å². The Labute approximate surface area is 25.9 Å². The highest BCUT2D eigenvalue weighted by Crippen LogP contribution is -0.478. The van der Waals surface area contributed by atoms with Gasteiger partial charge < -0.3 is 24.6 Å². The summed E-state index contributed by atoms with van der Waals surface area (Å²) < 4.78 is 0. The van der Waals surface area contributed by atoms with E-state index in [0.29, 0.717) is 0 Å². The van der Waals surface area contributed by atoms with E-state index in [9.17, 15) is 0 Å². The van der Waals surface area contributed by atoms with Gasteiger partial charge in [-0.25, -0.2) is 0 Å². The van der Waals surface area contributed by atoms with Gasteiger partial charge in [0, 0.05) is 0 Å². The molecule has 0 amide bonds. The fourth-order valence-corrected chi connectivity index (χ4v) is 0. The van der Waals surface area contributed by atoms with E-state index in [-0.39, 0.29) is 24.6 Å². The molecule has 4 heavy (non-hydrogen) atoms. The van der Waals surface area contributed by atoms with Gasteiger partial charge in [-0.2, -0.15) is 0 Å². The molecule has 0 unspecified atom stereocenters. The second-order valence-corrected chi connectivity index (χ2v) is 0. The largest absolute Gasteiger partial charge is 0.344 e. The summed E-state index contributed by atoms with van der Waals surface area (Å²) in [7, 11) is 0.